The number of hydrogen-bond donors (Lipinski definition) is 2. The van der Waals surface area contributed by atoms with Gasteiger partial charge in [0, 0.05) is 39.3 Å². The van der Waals surface area contributed by atoms with E-state index in [2.05, 4.69) is 10.2 Å². The molecule has 0 unspecified atom stereocenters. The van der Waals surface area contributed by atoms with Crippen LogP contribution in [0, 0.1) is 0 Å². The Kier molecular flexibility index (Phi) is 4.15. The topological polar surface area (TPSA) is 55.8 Å². The Morgan fingerprint density at radius 2 is 2.06 bits per heavy atom. The number of aliphatic hydroxyl groups is 1. The molecule has 2 N–H and O–H groups in total. The third-order valence-electron chi connectivity index (χ3n) is 3.32. The highest BCUT2D eigenvalue weighted by Gasteiger charge is 2.23. The number of rotatable bonds is 2. The van der Waals surface area contributed by atoms with Gasteiger partial charge in [0.2, 0.25) is 5.91 Å². The van der Waals surface area contributed by atoms with Gasteiger partial charge in [-0.1, -0.05) is 0 Å². The highest BCUT2D eigenvalue weighted by molar-refractivity contribution is 5.78. The number of amides is 1. The van der Waals surface area contributed by atoms with Crippen LogP contribution in [-0.4, -0.2) is 72.7 Å². The van der Waals surface area contributed by atoms with E-state index < -0.39 is 0 Å². The smallest absolute Gasteiger partial charge is 0.236 e. The normalized spacial score (nSPS) is 28.1. The maximum absolute atomic E-state index is 12.0. The molecule has 0 aromatic rings. The standard InChI is InChI=1S/C11H21N3O2/c15-10-2-1-5-14(8-10)11(16)9-13-6-3-12-4-7-13/h10,12,15H,1-9H2/t10-/m0/s1. The van der Waals surface area contributed by atoms with Crippen molar-refractivity contribution in [3.05, 3.63) is 0 Å². The van der Waals surface area contributed by atoms with Crippen LogP contribution >= 0.6 is 0 Å². The average Bonchev–Trinajstić information content (AvgIpc) is 2.30. The maximum atomic E-state index is 12.0. The van der Waals surface area contributed by atoms with Gasteiger partial charge in [0.05, 0.1) is 12.6 Å². The number of likely N-dealkylation sites (tertiary alicyclic amines) is 1. The average molecular weight is 227 g/mol. The predicted molar refractivity (Wildman–Crippen MR) is 61.1 cm³/mol. The zero-order chi connectivity index (χ0) is 11.4. The number of hydrogen-bond acceptors (Lipinski definition) is 4. The number of carbonyl (C=O) groups excluding carboxylic acids is 1. The first-order chi connectivity index (χ1) is 7.75. The summed E-state index contributed by atoms with van der Waals surface area (Å²) in [6.45, 7) is 5.66. The molecule has 1 atom stereocenters. The second kappa shape index (κ2) is 5.61. The molecule has 0 aromatic carbocycles. The molecule has 2 aliphatic rings. The lowest BCUT2D eigenvalue weighted by atomic mass is 10.1. The number of carbonyl (C=O) groups is 1. The molecular weight excluding hydrogens is 206 g/mol. The van der Waals surface area contributed by atoms with E-state index >= 15 is 0 Å². The zero-order valence-corrected chi connectivity index (χ0v) is 9.69. The summed E-state index contributed by atoms with van der Waals surface area (Å²) in [6, 6.07) is 0. The molecule has 0 saturated carbocycles. The third kappa shape index (κ3) is 3.17. The van der Waals surface area contributed by atoms with Crippen molar-refractivity contribution in [2.75, 3.05) is 45.8 Å². The van der Waals surface area contributed by atoms with Crippen LogP contribution in [0.4, 0.5) is 0 Å². The van der Waals surface area contributed by atoms with Crippen LogP contribution in [0.2, 0.25) is 0 Å². The van der Waals surface area contributed by atoms with Gasteiger partial charge in [-0.2, -0.15) is 0 Å². The van der Waals surface area contributed by atoms with E-state index in [1.807, 2.05) is 0 Å². The lowest BCUT2D eigenvalue weighted by Gasteiger charge is -2.33. The van der Waals surface area contributed by atoms with Crippen LogP contribution in [0.25, 0.3) is 0 Å². The monoisotopic (exact) mass is 227 g/mol. The molecule has 0 bridgehead atoms. The second-order valence-electron chi connectivity index (χ2n) is 4.66. The molecule has 0 aliphatic carbocycles. The van der Waals surface area contributed by atoms with Gasteiger partial charge in [0.1, 0.15) is 0 Å². The fraction of sp³-hybridized carbons (Fsp3) is 0.909. The van der Waals surface area contributed by atoms with Gasteiger partial charge < -0.3 is 15.3 Å². The van der Waals surface area contributed by atoms with Crippen molar-refractivity contribution < 1.29 is 9.90 Å². The van der Waals surface area contributed by atoms with Gasteiger partial charge in [0.15, 0.2) is 0 Å². The van der Waals surface area contributed by atoms with E-state index in [1.54, 1.807) is 4.90 Å². The number of nitrogens with one attached hydrogen (secondary N) is 1. The molecule has 0 radical (unpaired) electrons. The minimum absolute atomic E-state index is 0.167. The molecule has 0 spiro atoms. The predicted octanol–water partition coefficient (Wildman–Crippen LogP) is -1.13. The van der Waals surface area contributed by atoms with Crippen molar-refractivity contribution >= 4 is 5.91 Å². The van der Waals surface area contributed by atoms with E-state index in [4.69, 9.17) is 0 Å². The van der Waals surface area contributed by atoms with Crippen molar-refractivity contribution in [3.8, 4) is 0 Å². The van der Waals surface area contributed by atoms with Crippen LogP contribution in [0.5, 0.6) is 0 Å². The van der Waals surface area contributed by atoms with Crippen LogP contribution in [0.15, 0.2) is 0 Å². The summed E-state index contributed by atoms with van der Waals surface area (Å²) < 4.78 is 0. The van der Waals surface area contributed by atoms with Crippen molar-refractivity contribution in [2.45, 2.75) is 18.9 Å². The summed E-state index contributed by atoms with van der Waals surface area (Å²) in [5.41, 5.74) is 0. The molecule has 2 saturated heterocycles. The highest BCUT2D eigenvalue weighted by Crippen LogP contribution is 2.10. The fourth-order valence-corrected chi connectivity index (χ4v) is 2.34. The number of β-amino-alcohol motifs (C(OH)–C–C–N with tert-alkyl or cyclic N) is 1. The van der Waals surface area contributed by atoms with E-state index in [0.29, 0.717) is 13.1 Å². The van der Waals surface area contributed by atoms with E-state index in [9.17, 15) is 9.90 Å². The molecule has 92 valence electrons. The maximum Gasteiger partial charge on any atom is 0.236 e. The largest absolute Gasteiger partial charge is 0.391 e. The highest BCUT2D eigenvalue weighted by atomic mass is 16.3. The summed E-state index contributed by atoms with van der Waals surface area (Å²) in [5, 5.41) is 12.8. The molecular formula is C11H21N3O2. The van der Waals surface area contributed by atoms with Gasteiger partial charge in [-0.25, -0.2) is 0 Å². The molecule has 5 nitrogen and oxygen atoms in total. The van der Waals surface area contributed by atoms with E-state index in [-0.39, 0.29) is 12.0 Å². The minimum Gasteiger partial charge on any atom is -0.391 e. The van der Waals surface area contributed by atoms with Gasteiger partial charge in [-0.15, -0.1) is 0 Å². The Bertz CT molecular complexity index is 241. The lowest BCUT2D eigenvalue weighted by Crippen LogP contribution is -2.50. The van der Waals surface area contributed by atoms with E-state index in [1.165, 1.54) is 0 Å². The Balaban J connectivity index is 1.77. The Morgan fingerprint density at radius 1 is 1.31 bits per heavy atom. The van der Waals surface area contributed by atoms with Crippen molar-refractivity contribution in [1.82, 2.24) is 15.1 Å². The third-order valence-corrected chi connectivity index (χ3v) is 3.32. The van der Waals surface area contributed by atoms with Crippen LogP contribution < -0.4 is 5.32 Å². The summed E-state index contributed by atoms with van der Waals surface area (Å²) in [7, 11) is 0. The minimum atomic E-state index is -0.319. The zero-order valence-electron chi connectivity index (χ0n) is 9.69. The Morgan fingerprint density at radius 3 is 2.75 bits per heavy atom. The van der Waals surface area contributed by atoms with Gasteiger partial charge in [-0.05, 0) is 12.8 Å². The quantitative estimate of drug-likeness (QED) is 0.627. The summed E-state index contributed by atoms with van der Waals surface area (Å²) in [4.78, 5) is 15.9. The first-order valence-corrected chi connectivity index (χ1v) is 6.14. The van der Waals surface area contributed by atoms with Crippen molar-refractivity contribution in [1.29, 1.82) is 0 Å². The summed E-state index contributed by atoms with van der Waals surface area (Å²) in [5.74, 6) is 0.167. The number of piperazine rings is 1. The van der Waals surface area contributed by atoms with Crippen LogP contribution in [0.3, 0.4) is 0 Å². The molecule has 0 aromatic heterocycles. The van der Waals surface area contributed by atoms with Crippen LogP contribution in [0.1, 0.15) is 12.8 Å². The Hall–Kier alpha value is -0.650. The molecule has 2 heterocycles. The van der Waals surface area contributed by atoms with Crippen molar-refractivity contribution in [2.24, 2.45) is 0 Å². The first kappa shape index (κ1) is 11.8. The SMILES string of the molecule is O=C(CN1CCNCC1)N1CCC[C@H](O)C1. The van der Waals surface area contributed by atoms with E-state index in [0.717, 1.165) is 45.6 Å². The second-order valence-corrected chi connectivity index (χ2v) is 4.66. The molecule has 16 heavy (non-hydrogen) atoms. The molecule has 2 aliphatic heterocycles. The number of nitrogens with zero attached hydrogens (tertiary/aromatic N) is 2. The number of aliphatic hydroxyl groups excluding tert-OH is 1. The number of piperidine rings is 1. The van der Waals surface area contributed by atoms with Crippen LogP contribution in [-0.2, 0) is 4.79 Å². The van der Waals surface area contributed by atoms with Gasteiger partial charge in [0.25, 0.3) is 0 Å². The molecule has 5 heteroatoms. The first-order valence-electron chi connectivity index (χ1n) is 6.14. The van der Waals surface area contributed by atoms with Gasteiger partial charge in [-0.3, -0.25) is 9.69 Å². The molecule has 2 rings (SSSR count). The lowest BCUT2D eigenvalue weighted by molar-refractivity contribution is -0.135. The summed E-state index contributed by atoms with van der Waals surface area (Å²) >= 11 is 0. The Labute approximate surface area is 96.4 Å². The van der Waals surface area contributed by atoms with Crippen molar-refractivity contribution in [3.63, 3.8) is 0 Å². The molecule has 1 amide bonds. The van der Waals surface area contributed by atoms with Gasteiger partial charge >= 0.3 is 0 Å². The fourth-order valence-electron chi connectivity index (χ4n) is 2.34. The summed E-state index contributed by atoms with van der Waals surface area (Å²) in [6.07, 6.45) is 1.44. The molecule has 2 fully saturated rings.